The number of aryl methyl sites for hydroxylation is 1. The summed E-state index contributed by atoms with van der Waals surface area (Å²) in [6.45, 7) is 5.28. The molecule has 1 aliphatic rings. The minimum absolute atomic E-state index is 0.217. The monoisotopic (exact) mass is 408 g/mol. The van der Waals surface area contributed by atoms with E-state index in [1.54, 1.807) is 0 Å². The predicted molar refractivity (Wildman–Crippen MR) is 105 cm³/mol. The number of amides is 1. The molecule has 1 amide bonds. The Kier molecular flexibility index (Phi) is 6.23. The minimum Gasteiger partial charge on any atom is -0.296 e. The number of benzene rings is 1. The van der Waals surface area contributed by atoms with Gasteiger partial charge in [0.25, 0.3) is 5.91 Å². The molecule has 0 saturated carbocycles. The quantitative estimate of drug-likeness (QED) is 0.793. The van der Waals surface area contributed by atoms with E-state index in [4.69, 9.17) is 0 Å². The highest BCUT2D eigenvalue weighted by atomic mass is 32.2. The lowest BCUT2D eigenvalue weighted by molar-refractivity contribution is 0.102. The first-order chi connectivity index (χ1) is 12.9. The van der Waals surface area contributed by atoms with Crippen molar-refractivity contribution in [2.75, 3.05) is 18.4 Å². The van der Waals surface area contributed by atoms with E-state index in [1.807, 2.05) is 0 Å². The summed E-state index contributed by atoms with van der Waals surface area (Å²) in [7, 11) is -3.51. The second kappa shape index (κ2) is 8.45. The predicted octanol–water partition coefficient (Wildman–Crippen LogP) is 3.16. The third-order valence-corrected chi connectivity index (χ3v) is 7.46. The van der Waals surface area contributed by atoms with Crippen LogP contribution >= 0.6 is 11.3 Å². The number of hydrogen-bond acceptors (Lipinski definition) is 6. The summed E-state index contributed by atoms with van der Waals surface area (Å²) in [5, 5.41) is 12.0. The molecule has 9 heteroatoms. The fourth-order valence-corrected chi connectivity index (χ4v) is 5.25. The molecule has 0 bridgehead atoms. The standard InChI is InChI=1S/C18H24N4O3S2/c1-3-4-16-20-21-18(26-16)19-17(23)14-5-7-15(8-6-14)27(24,25)22-11-9-13(2)10-12-22/h5-8,13H,3-4,9-12H2,1-2H3,(H,19,21,23). The summed E-state index contributed by atoms with van der Waals surface area (Å²) in [6.07, 6.45) is 3.55. The van der Waals surface area contributed by atoms with E-state index < -0.39 is 10.0 Å². The second-order valence-corrected chi connectivity index (χ2v) is 9.82. The smallest absolute Gasteiger partial charge is 0.257 e. The van der Waals surface area contributed by atoms with E-state index >= 15 is 0 Å². The normalized spacial score (nSPS) is 16.4. The molecule has 1 aliphatic heterocycles. The number of aromatic nitrogens is 2. The van der Waals surface area contributed by atoms with Gasteiger partial charge in [0, 0.05) is 25.1 Å². The summed E-state index contributed by atoms with van der Waals surface area (Å²) in [4.78, 5) is 12.6. The molecule has 1 N–H and O–H groups in total. The Labute approximate surface area is 163 Å². The van der Waals surface area contributed by atoms with Gasteiger partial charge in [-0.1, -0.05) is 25.2 Å². The van der Waals surface area contributed by atoms with Crippen molar-refractivity contribution in [3.8, 4) is 0 Å². The number of carbonyl (C=O) groups excluding carboxylic acids is 1. The zero-order valence-electron chi connectivity index (χ0n) is 15.5. The molecule has 1 fully saturated rings. The molecular formula is C18H24N4O3S2. The van der Waals surface area contributed by atoms with E-state index in [2.05, 4.69) is 29.4 Å². The molecule has 2 aromatic rings. The molecule has 1 aromatic carbocycles. The van der Waals surface area contributed by atoms with Crippen molar-refractivity contribution in [1.82, 2.24) is 14.5 Å². The molecule has 0 atom stereocenters. The number of piperidine rings is 1. The maximum absolute atomic E-state index is 12.7. The van der Waals surface area contributed by atoms with Gasteiger partial charge < -0.3 is 0 Å². The largest absolute Gasteiger partial charge is 0.296 e. The Morgan fingerprint density at radius 3 is 2.52 bits per heavy atom. The maximum Gasteiger partial charge on any atom is 0.257 e. The van der Waals surface area contributed by atoms with Crippen LogP contribution in [0, 0.1) is 5.92 Å². The second-order valence-electron chi connectivity index (χ2n) is 6.82. The number of nitrogens with zero attached hydrogens (tertiary/aromatic N) is 3. The van der Waals surface area contributed by atoms with Gasteiger partial charge in [-0.3, -0.25) is 10.1 Å². The Balaban J connectivity index is 1.67. The van der Waals surface area contributed by atoms with Crippen molar-refractivity contribution in [3.63, 3.8) is 0 Å². The van der Waals surface area contributed by atoms with Gasteiger partial charge in [0.05, 0.1) is 4.90 Å². The average Bonchev–Trinajstić information content (AvgIpc) is 3.09. The average molecular weight is 409 g/mol. The molecular weight excluding hydrogens is 384 g/mol. The van der Waals surface area contributed by atoms with Crippen LogP contribution in [0.15, 0.2) is 29.2 Å². The van der Waals surface area contributed by atoms with Crippen LogP contribution in [-0.4, -0.2) is 41.9 Å². The van der Waals surface area contributed by atoms with Crippen LogP contribution in [-0.2, 0) is 16.4 Å². The highest BCUT2D eigenvalue weighted by Gasteiger charge is 2.28. The number of sulfonamides is 1. The number of anilines is 1. The van der Waals surface area contributed by atoms with Gasteiger partial charge in [-0.05, 0) is 49.4 Å². The first kappa shape index (κ1) is 19.9. The molecule has 27 heavy (non-hydrogen) atoms. The van der Waals surface area contributed by atoms with Crippen LogP contribution in [0.4, 0.5) is 5.13 Å². The fourth-order valence-electron chi connectivity index (χ4n) is 2.94. The molecule has 0 spiro atoms. The number of nitrogens with one attached hydrogen (secondary N) is 1. The molecule has 146 valence electrons. The highest BCUT2D eigenvalue weighted by molar-refractivity contribution is 7.89. The van der Waals surface area contributed by atoms with Crippen LogP contribution in [0.5, 0.6) is 0 Å². The van der Waals surface area contributed by atoms with Gasteiger partial charge in [0.2, 0.25) is 15.2 Å². The van der Waals surface area contributed by atoms with E-state index in [0.29, 0.717) is 29.7 Å². The van der Waals surface area contributed by atoms with E-state index in [0.717, 1.165) is 30.7 Å². The van der Waals surface area contributed by atoms with Crippen LogP contribution in [0.1, 0.15) is 48.5 Å². The topological polar surface area (TPSA) is 92.3 Å². The van der Waals surface area contributed by atoms with Gasteiger partial charge in [-0.25, -0.2) is 8.42 Å². The van der Waals surface area contributed by atoms with Gasteiger partial charge in [-0.15, -0.1) is 10.2 Å². The van der Waals surface area contributed by atoms with Crippen molar-refractivity contribution in [2.24, 2.45) is 5.92 Å². The summed E-state index contributed by atoms with van der Waals surface area (Å²) < 4.78 is 27.0. The van der Waals surface area contributed by atoms with Crippen LogP contribution in [0.2, 0.25) is 0 Å². The van der Waals surface area contributed by atoms with Crippen LogP contribution in [0.3, 0.4) is 0 Å². The van der Waals surface area contributed by atoms with Gasteiger partial charge in [0.15, 0.2) is 0 Å². The lowest BCUT2D eigenvalue weighted by Crippen LogP contribution is -2.37. The Morgan fingerprint density at radius 2 is 1.89 bits per heavy atom. The zero-order valence-corrected chi connectivity index (χ0v) is 17.1. The van der Waals surface area contributed by atoms with E-state index in [-0.39, 0.29) is 10.8 Å². The first-order valence-electron chi connectivity index (χ1n) is 9.14. The molecule has 1 saturated heterocycles. The Morgan fingerprint density at radius 1 is 1.22 bits per heavy atom. The van der Waals surface area contributed by atoms with E-state index in [9.17, 15) is 13.2 Å². The van der Waals surface area contributed by atoms with Crippen molar-refractivity contribution in [3.05, 3.63) is 34.8 Å². The van der Waals surface area contributed by atoms with Crippen LogP contribution < -0.4 is 5.32 Å². The van der Waals surface area contributed by atoms with Crippen molar-refractivity contribution >= 4 is 32.4 Å². The molecule has 0 radical (unpaired) electrons. The number of rotatable bonds is 6. The third-order valence-electron chi connectivity index (χ3n) is 4.65. The van der Waals surface area contributed by atoms with Crippen molar-refractivity contribution in [2.45, 2.75) is 44.4 Å². The molecule has 1 aromatic heterocycles. The third kappa shape index (κ3) is 4.72. The first-order valence-corrected chi connectivity index (χ1v) is 11.4. The van der Waals surface area contributed by atoms with Crippen molar-refractivity contribution < 1.29 is 13.2 Å². The summed E-state index contributed by atoms with van der Waals surface area (Å²) in [6, 6.07) is 6.04. The summed E-state index contributed by atoms with van der Waals surface area (Å²) in [5.41, 5.74) is 0.383. The van der Waals surface area contributed by atoms with Gasteiger partial charge in [-0.2, -0.15) is 4.31 Å². The zero-order chi connectivity index (χ0) is 19.4. The molecule has 3 rings (SSSR count). The van der Waals surface area contributed by atoms with Crippen LogP contribution in [0.25, 0.3) is 0 Å². The highest BCUT2D eigenvalue weighted by Crippen LogP contribution is 2.24. The lowest BCUT2D eigenvalue weighted by Gasteiger charge is -2.29. The Hall–Kier alpha value is -1.84. The van der Waals surface area contributed by atoms with Gasteiger partial charge in [0.1, 0.15) is 5.01 Å². The molecule has 7 nitrogen and oxygen atoms in total. The fraction of sp³-hybridized carbons (Fsp3) is 0.500. The molecule has 0 aliphatic carbocycles. The summed E-state index contributed by atoms with van der Waals surface area (Å²) >= 11 is 1.35. The van der Waals surface area contributed by atoms with E-state index in [1.165, 1.54) is 39.9 Å². The SMILES string of the molecule is CCCc1nnc(NC(=O)c2ccc(S(=O)(=O)N3CCC(C)CC3)cc2)s1. The number of hydrogen-bond donors (Lipinski definition) is 1. The molecule has 0 unspecified atom stereocenters. The number of carbonyl (C=O) groups is 1. The lowest BCUT2D eigenvalue weighted by atomic mass is 10.0. The molecule has 2 heterocycles. The maximum atomic E-state index is 12.7. The minimum atomic E-state index is -3.51. The van der Waals surface area contributed by atoms with Crippen molar-refractivity contribution in [1.29, 1.82) is 0 Å². The summed E-state index contributed by atoms with van der Waals surface area (Å²) in [5.74, 6) is 0.227. The van der Waals surface area contributed by atoms with Gasteiger partial charge >= 0.3 is 0 Å². The Bertz CT molecular complexity index is 886.